The van der Waals surface area contributed by atoms with Gasteiger partial charge < -0.3 is 0 Å². The summed E-state index contributed by atoms with van der Waals surface area (Å²) in [5.74, 6) is 0. The van der Waals surface area contributed by atoms with Crippen molar-refractivity contribution in [2.45, 2.75) is 180 Å². The van der Waals surface area contributed by atoms with Gasteiger partial charge in [-0.1, -0.05) is 182 Å². The zero-order chi connectivity index (χ0) is 39.5. The molecule has 0 amide bonds. The van der Waals surface area contributed by atoms with E-state index in [9.17, 15) is 0 Å². The quantitative estimate of drug-likeness (QED) is 0.216. The summed E-state index contributed by atoms with van der Waals surface area (Å²) in [5.41, 5.74) is 9.39. The first kappa shape index (κ1) is 46.4. The van der Waals surface area contributed by atoms with E-state index in [1.165, 1.54) is 45.4 Å². The number of hydrogen-bond donors (Lipinski definition) is 0. The lowest BCUT2D eigenvalue weighted by atomic mass is 9.44. The first-order valence-electron chi connectivity index (χ1n) is 18.7. The maximum atomic E-state index is 4.57. The van der Waals surface area contributed by atoms with Crippen LogP contribution in [0.5, 0.6) is 0 Å². The molecule has 1 rings (SSSR count). The highest BCUT2D eigenvalue weighted by molar-refractivity contribution is 5.43. The monoisotopic (exact) mass is 663 g/mol. The summed E-state index contributed by atoms with van der Waals surface area (Å²) >= 11 is 0. The molecule has 48 heavy (non-hydrogen) atoms. The Morgan fingerprint density at radius 2 is 0.917 bits per heavy atom. The van der Waals surface area contributed by atoms with Crippen LogP contribution in [0, 0.1) is 54.1 Å². The summed E-state index contributed by atoms with van der Waals surface area (Å²) in [6.45, 7) is 76.9. The summed E-state index contributed by atoms with van der Waals surface area (Å²) in [6, 6.07) is 0. The second-order valence-electron chi connectivity index (χ2n) is 21.2. The van der Waals surface area contributed by atoms with Crippen LogP contribution in [-0.4, -0.2) is 0 Å². The van der Waals surface area contributed by atoms with Crippen LogP contribution in [0.2, 0.25) is 0 Å². The molecule has 278 valence electrons. The van der Waals surface area contributed by atoms with Crippen LogP contribution in [0.3, 0.4) is 0 Å². The van der Waals surface area contributed by atoms with E-state index in [0.717, 1.165) is 0 Å². The van der Waals surface area contributed by atoms with Crippen LogP contribution < -0.4 is 0 Å². The molecule has 0 N–H and O–H groups in total. The molecule has 1 fully saturated rings. The zero-order valence-electron chi connectivity index (χ0n) is 37.6. The van der Waals surface area contributed by atoms with Gasteiger partial charge in [0, 0.05) is 10.8 Å². The van der Waals surface area contributed by atoms with E-state index < -0.39 is 0 Å². The SMILES string of the molecule is C=C(C)C(C(=C)C)(C(C)(C)C(C)=CC)C(C)(C)C(C)=C(C)C.C=C(C)C1(C(=C)C)C(C)(C)C(C)(CC(C)(C)C)C(C)(C(C)(C)C)C1(C)C. The molecule has 0 bridgehead atoms. The molecule has 0 aliphatic heterocycles. The molecule has 0 saturated heterocycles. The average molecular weight is 663 g/mol. The molecule has 2 unspecified atom stereocenters. The first-order valence-corrected chi connectivity index (χ1v) is 18.7. The van der Waals surface area contributed by atoms with E-state index in [0.29, 0.717) is 0 Å². The van der Waals surface area contributed by atoms with Gasteiger partial charge in [0.2, 0.25) is 0 Å². The topological polar surface area (TPSA) is 0 Å². The fourth-order valence-electron chi connectivity index (χ4n) is 13.4. The highest BCUT2D eigenvalue weighted by Gasteiger charge is 2.80. The number of hydrogen-bond acceptors (Lipinski definition) is 0. The Kier molecular flexibility index (Phi) is 13.1. The van der Waals surface area contributed by atoms with Gasteiger partial charge in [-0.2, -0.15) is 0 Å². The fourth-order valence-corrected chi connectivity index (χ4v) is 13.4. The summed E-state index contributed by atoms with van der Waals surface area (Å²) in [5, 5.41) is 0. The van der Waals surface area contributed by atoms with Gasteiger partial charge in [0.15, 0.2) is 0 Å². The third-order valence-corrected chi connectivity index (χ3v) is 15.5. The lowest BCUT2D eigenvalue weighted by Crippen LogP contribution is -2.54. The summed E-state index contributed by atoms with van der Waals surface area (Å²) in [4.78, 5) is 0. The van der Waals surface area contributed by atoms with Crippen LogP contribution in [0.25, 0.3) is 0 Å². The lowest BCUT2D eigenvalue weighted by Gasteiger charge is -2.60. The number of allylic oxidation sites excluding steroid dienone is 8. The third-order valence-electron chi connectivity index (χ3n) is 15.5. The Hall–Kier alpha value is -1.56. The first-order chi connectivity index (χ1) is 20.8. The molecule has 1 saturated carbocycles. The summed E-state index contributed by atoms with van der Waals surface area (Å²) < 4.78 is 0. The van der Waals surface area contributed by atoms with Crippen LogP contribution in [0.1, 0.15) is 180 Å². The van der Waals surface area contributed by atoms with Gasteiger partial charge in [-0.05, 0) is 112 Å². The van der Waals surface area contributed by atoms with Gasteiger partial charge in [0.05, 0.1) is 0 Å². The predicted molar refractivity (Wildman–Crippen MR) is 222 cm³/mol. The minimum atomic E-state index is -0.196. The van der Waals surface area contributed by atoms with E-state index >= 15 is 0 Å². The van der Waals surface area contributed by atoms with Crippen molar-refractivity contribution in [3.8, 4) is 0 Å². The van der Waals surface area contributed by atoms with Crippen molar-refractivity contribution in [3.05, 3.63) is 71.4 Å². The van der Waals surface area contributed by atoms with Crippen molar-refractivity contribution in [1.82, 2.24) is 0 Å². The van der Waals surface area contributed by atoms with E-state index in [4.69, 9.17) is 0 Å². The van der Waals surface area contributed by atoms with E-state index in [-0.39, 0.29) is 54.1 Å². The maximum absolute atomic E-state index is 4.57. The standard InChI is InChI=1S/C26H48.C22H38/c1-18(2)26(19(3)4)22(11,12)24(15,17-20(5,6)7)25(16,21(8,9)10)23(26,13)14;1-14-18(8)20(10,11)22(16(4)5,17(6)7)21(12,13)19(9)15(2)3/h1,3,17H2,2,4-16H3;14H,4,6H2,1-3,5,7-13H3. The molecule has 0 aromatic rings. The van der Waals surface area contributed by atoms with E-state index in [1.54, 1.807) is 0 Å². The van der Waals surface area contributed by atoms with Crippen molar-refractivity contribution in [2.24, 2.45) is 54.1 Å². The summed E-state index contributed by atoms with van der Waals surface area (Å²) in [7, 11) is 0. The Morgan fingerprint density at radius 1 is 0.562 bits per heavy atom. The molecule has 0 heterocycles. The zero-order valence-corrected chi connectivity index (χ0v) is 37.6. The van der Waals surface area contributed by atoms with Crippen LogP contribution in [-0.2, 0) is 0 Å². The Morgan fingerprint density at radius 3 is 1.15 bits per heavy atom. The van der Waals surface area contributed by atoms with Crippen molar-refractivity contribution < 1.29 is 0 Å². The maximum Gasteiger partial charge on any atom is 0.0286 e. The van der Waals surface area contributed by atoms with E-state index in [1.807, 2.05) is 0 Å². The molecule has 1 aliphatic rings. The van der Waals surface area contributed by atoms with Crippen molar-refractivity contribution in [2.75, 3.05) is 0 Å². The smallest absolute Gasteiger partial charge is 0.0286 e. The van der Waals surface area contributed by atoms with Crippen molar-refractivity contribution in [1.29, 1.82) is 0 Å². The van der Waals surface area contributed by atoms with Crippen LogP contribution in [0.15, 0.2) is 71.4 Å². The molecule has 1 aliphatic carbocycles. The fraction of sp³-hybridized carbons (Fsp3) is 0.750. The van der Waals surface area contributed by atoms with Crippen LogP contribution >= 0.6 is 0 Å². The summed E-state index contributed by atoms with van der Waals surface area (Å²) in [6.07, 6.45) is 3.42. The van der Waals surface area contributed by atoms with Crippen molar-refractivity contribution in [3.63, 3.8) is 0 Å². The van der Waals surface area contributed by atoms with Gasteiger partial charge in [-0.3, -0.25) is 0 Å². The Balaban J connectivity index is 0.000000935. The second-order valence-corrected chi connectivity index (χ2v) is 21.2. The molecule has 2 atom stereocenters. The highest BCUT2D eigenvalue weighted by Crippen LogP contribution is 2.86. The van der Waals surface area contributed by atoms with Gasteiger partial charge in [0.1, 0.15) is 0 Å². The second kappa shape index (κ2) is 13.5. The van der Waals surface area contributed by atoms with Gasteiger partial charge in [0.25, 0.3) is 0 Å². The molecule has 0 nitrogen and oxygen atoms in total. The van der Waals surface area contributed by atoms with E-state index in [2.05, 4.69) is 205 Å². The van der Waals surface area contributed by atoms with Gasteiger partial charge in [-0.15, -0.1) is 0 Å². The predicted octanol–water partition coefficient (Wildman–Crippen LogP) is 16.2. The van der Waals surface area contributed by atoms with Crippen molar-refractivity contribution >= 4 is 0 Å². The molecule has 0 heteroatoms. The molecule has 0 radical (unpaired) electrons. The lowest BCUT2D eigenvalue weighted by molar-refractivity contribution is -0.123. The highest BCUT2D eigenvalue weighted by atomic mass is 14.8. The van der Waals surface area contributed by atoms with Gasteiger partial charge in [-0.25, -0.2) is 0 Å². The molecule has 0 spiro atoms. The molecule has 0 aromatic heterocycles. The Labute approximate surface area is 304 Å². The largest absolute Gasteiger partial charge is 0.0992 e. The molecule has 0 aromatic carbocycles. The minimum absolute atomic E-state index is 0.0272. The molecular formula is C48H86. The normalized spacial score (nSPS) is 24.3. The van der Waals surface area contributed by atoms with Crippen LogP contribution in [0.4, 0.5) is 0 Å². The third kappa shape index (κ3) is 5.98. The Bertz CT molecular complexity index is 1290. The van der Waals surface area contributed by atoms with Gasteiger partial charge >= 0.3 is 0 Å². The minimum Gasteiger partial charge on any atom is -0.0992 e. The number of rotatable bonds is 9. The average Bonchev–Trinajstić information content (AvgIpc) is 2.92. The molecular weight excluding hydrogens is 577 g/mol.